The van der Waals surface area contributed by atoms with Crippen molar-refractivity contribution < 1.29 is 19.5 Å². The van der Waals surface area contributed by atoms with Crippen LogP contribution in [0.2, 0.25) is 5.02 Å². The van der Waals surface area contributed by atoms with E-state index >= 15 is 0 Å². The van der Waals surface area contributed by atoms with E-state index in [0.29, 0.717) is 16.0 Å². The quantitative estimate of drug-likeness (QED) is 0.543. The van der Waals surface area contributed by atoms with E-state index in [1.165, 1.54) is 24.3 Å². The first-order chi connectivity index (χ1) is 11.5. The zero-order chi connectivity index (χ0) is 17.3. The summed E-state index contributed by atoms with van der Waals surface area (Å²) >= 11 is 5.95. The van der Waals surface area contributed by atoms with Crippen molar-refractivity contribution in [3.63, 3.8) is 0 Å². The number of hydrogen-bond acceptors (Lipinski definition) is 3. The molecule has 3 aromatic rings. The summed E-state index contributed by atoms with van der Waals surface area (Å²) in [6, 6.07) is 10.8. The van der Waals surface area contributed by atoms with Gasteiger partial charge in [-0.3, -0.25) is 9.59 Å². The monoisotopic (exact) mass is 341 g/mol. The molecule has 0 radical (unpaired) electrons. The lowest BCUT2D eigenvalue weighted by Gasteiger charge is -2.02. The molecular weight excluding hydrogens is 330 g/mol. The van der Waals surface area contributed by atoms with Gasteiger partial charge in [0.05, 0.1) is 12.0 Å². The van der Waals surface area contributed by atoms with E-state index in [2.05, 4.69) is 4.98 Å². The predicted molar refractivity (Wildman–Crippen MR) is 90.0 cm³/mol. The minimum Gasteiger partial charge on any atom is -0.478 e. The molecule has 0 aliphatic heterocycles. The van der Waals surface area contributed by atoms with Gasteiger partial charge in [0.15, 0.2) is 11.6 Å². The van der Waals surface area contributed by atoms with Gasteiger partial charge in [0.25, 0.3) is 0 Å². The number of benzene rings is 2. The lowest BCUT2D eigenvalue weighted by molar-refractivity contribution is 0.0696. The van der Waals surface area contributed by atoms with Crippen molar-refractivity contribution in [1.29, 1.82) is 0 Å². The summed E-state index contributed by atoms with van der Waals surface area (Å²) in [4.78, 5) is 38.6. The van der Waals surface area contributed by atoms with Crippen LogP contribution in [0.3, 0.4) is 0 Å². The molecule has 120 valence electrons. The van der Waals surface area contributed by atoms with Gasteiger partial charge in [-0.15, -0.1) is 0 Å². The van der Waals surface area contributed by atoms with Crippen LogP contribution in [0, 0.1) is 0 Å². The molecule has 0 aliphatic carbocycles. The highest BCUT2D eigenvalue weighted by atomic mass is 35.5. The van der Waals surface area contributed by atoms with Crippen LogP contribution in [0.15, 0.2) is 48.7 Å². The molecule has 1 heterocycles. The Morgan fingerprint density at radius 3 is 2.50 bits per heavy atom. The number of aromatic amines is 1. The van der Waals surface area contributed by atoms with Crippen molar-refractivity contribution in [3.05, 3.63) is 70.4 Å². The number of Topliss-reactive ketones (excluding diaryl/α,β-unsaturated/α-hetero) is 2. The topological polar surface area (TPSA) is 87.2 Å². The van der Waals surface area contributed by atoms with Crippen LogP contribution in [0.5, 0.6) is 0 Å². The second kappa shape index (κ2) is 6.29. The van der Waals surface area contributed by atoms with Crippen molar-refractivity contribution in [1.82, 2.24) is 4.98 Å². The first-order valence-corrected chi connectivity index (χ1v) is 7.50. The molecule has 0 amide bonds. The Kier molecular flexibility index (Phi) is 4.18. The minimum absolute atomic E-state index is 0.00664. The van der Waals surface area contributed by atoms with Gasteiger partial charge in [-0.1, -0.05) is 23.7 Å². The number of fused-ring (bicyclic) bond motifs is 1. The van der Waals surface area contributed by atoms with Gasteiger partial charge in [-0.2, -0.15) is 0 Å². The molecule has 5 nitrogen and oxygen atoms in total. The van der Waals surface area contributed by atoms with E-state index < -0.39 is 11.8 Å². The van der Waals surface area contributed by atoms with E-state index in [9.17, 15) is 14.4 Å². The number of nitrogens with one attached hydrogen (secondary N) is 1. The molecular formula is C18H12ClNO4. The van der Waals surface area contributed by atoms with Crippen LogP contribution >= 0.6 is 11.6 Å². The summed E-state index contributed by atoms with van der Waals surface area (Å²) < 4.78 is 0. The van der Waals surface area contributed by atoms with Gasteiger partial charge in [-0.05, 0) is 30.3 Å². The van der Waals surface area contributed by atoms with E-state index in [0.717, 1.165) is 5.52 Å². The predicted octanol–water partition coefficient (Wildman–Crippen LogP) is 3.98. The smallest absolute Gasteiger partial charge is 0.335 e. The van der Waals surface area contributed by atoms with Crippen LogP contribution in [-0.4, -0.2) is 27.6 Å². The molecule has 0 atom stereocenters. The molecule has 0 bridgehead atoms. The summed E-state index contributed by atoms with van der Waals surface area (Å²) in [5.41, 5.74) is 1.34. The number of carbonyl (C=O) groups excluding carboxylic acids is 2. The zero-order valence-corrected chi connectivity index (χ0v) is 13.1. The molecule has 6 heteroatoms. The van der Waals surface area contributed by atoms with Gasteiger partial charge in [-0.25, -0.2) is 4.79 Å². The molecule has 24 heavy (non-hydrogen) atoms. The van der Waals surface area contributed by atoms with Crippen molar-refractivity contribution in [3.8, 4) is 0 Å². The Labute approximate surface area is 141 Å². The fourth-order valence-corrected chi connectivity index (χ4v) is 2.66. The Morgan fingerprint density at radius 1 is 1.00 bits per heavy atom. The Hall–Kier alpha value is -2.92. The number of halogens is 1. The second-order valence-corrected chi connectivity index (χ2v) is 5.74. The summed E-state index contributed by atoms with van der Waals surface area (Å²) in [5, 5.41) is 10.1. The molecule has 0 saturated carbocycles. The van der Waals surface area contributed by atoms with Gasteiger partial charge in [0.1, 0.15) is 0 Å². The average Bonchev–Trinajstić information content (AvgIpc) is 2.97. The van der Waals surface area contributed by atoms with E-state index in [1.807, 2.05) is 0 Å². The standard InChI is InChI=1S/C18H12ClNO4/c19-12-4-5-15-13(7-12)14(9-20-15)17(22)8-16(21)10-2-1-3-11(6-10)18(23)24/h1-7,9,20H,8H2,(H,23,24). The number of rotatable bonds is 5. The third kappa shape index (κ3) is 3.07. The zero-order valence-electron chi connectivity index (χ0n) is 12.4. The van der Waals surface area contributed by atoms with Crippen molar-refractivity contribution in [2.24, 2.45) is 0 Å². The number of aromatic carboxylic acids is 1. The SMILES string of the molecule is O=C(O)c1cccc(C(=O)CC(=O)c2c[nH]c3ccc(Cl)cc23)c1. The summed E-state index contributed by atoms with van der Waals surface area (Å²) in [7, 11) is 0. The number of aromatic nitrogens is 1. The maximum Gasteiger partial charge on any atom is 0.335 e. The van der Waals surface area contributed by atoms with Crippen LogP contribution < -0.4 is 0 Å². The fourth-order valence-electron chi connectivity index (χ4n) is 2.49. The fraction of sp³-hybridized carbons (Fsp3) is 0.0556. The second-order valence-electron chi connectivity index (χ2n) is 5.30. The molecule has 0 spiro atoms. The summed E-state index contributed by atoms with van der Waals surface area (Å²) in [5.74, 6) is -1.91. The Bertz CT molecular complexity index is 974. The normalized spacial score (nSPS) is 10.7. The average molecular weight is 342 g/mol. The molecule has 2 N–H and O–H groups in total. The summed E-state index contributed by atoms with van der Waals surface area (Å²) in [6.45, 7) is 0. The number of hydrogen-bond donors (Lipinski definition) is 2. The van der Waals surface area contributed by atoms with Crippen molar-refractivity contribution in [2.45, 2.75) is 6.42 Å². The molecule has 3 rings (SSSR count). The molecule has 0 unspecified atom stereocenters. The van der Waals surface area contributed by atoms with E-state index in [-0.39, 0.29) is 23.3 Å². The maximum absolute atomic E-state index is 12.4. The Balaban J connectivity index is 1.86. The van der Waals surface area contributed by atoms with Crippen LogP contribution in [-0.2, 0) is 0 Å². The van der Waals surface area contributed by atoms with Crippen molar-refractivity contribution >= 4 is 40.0 Å². The lowest BCUT2D eigenvalue weighted by atomic mass is 10.00. The van der Waals surface area contributed by atoms with Crippen LogP contribution in [0.25, 0.3) is 10.9 Å². The highest BCUT2D eigenvalue weighted by molar-refractivity contribution is 6.31. The minimum atomic E-state index is -1.12. The van der Waals surface area contributed by atoms with E-state index in [1.54, 1.807) is 24.4 Å². The molecule has 0 saturated heterocycles. The lowest BCUT2D eigenvalue weighted by Crippen LogP contribution is -2.09. The van der Waals surface area contributed by atoms with Gasteiger partial charge in [0, 0.05) is 33.2 Å². The number of carbonyl (C=O) groups is 3. The third-order valence-electron chi connectivity index (χ3n) is 3.70. The molecule has 0 fully saturated rings. The maximum atomic E-state index is 12.4. The Morgan fingerprint density at radius 2 is 1.75 bits per heavy atom. The third-order valence-corrected chi connectivity index (χ3v) is 3.93. The highest BCUT2D eigenvalue weighted by Gasteiger charge is 2.18. The summed E-state index contributed by atoms with van der Waals surface area (Å²) in [6.07, 6.45) is 1.20. The highest BCUT2D eigenvalue weighted by Crippen LogP contribution is 2.24. The number of ketones is 2. The number of H-pyrrole nitrogens is 1. The van der Waals surface area contributed by atoms with Crippen molar-refractivity contribution in [2.75, 3.05) is 0 Å². The largest absolute Gasteiger partial charge is 0.478 e. The van der Waals surface area contributed by atoms with Crippen LogP contribution in [0.1, 0.15) is 37.5 Å². The molecule has 1 aromatic heterocycles. The number of carboxylic acids is 1. The van der Waals surface area contributed by atoms with Crippen LogP contribution in [0.4, 0.5) is 0 Å². The van der Waals surface area contributed by atoms with Gasteiger partial charge < -0.3 is 10.1 Å². The number of carboxylic acid groups (broad SMARTS) is 1. The first kappa shape index (κ1) is 16.0. The molecule has 0 aliphatic rings. The molecule has 2 aromatic carbocycles. The van der Waals surface area contributed by atoms with E-state index in [4.69, 9.17) is 16.7 Å². The van der Waals surface area contributed by atoms with Gasteiger partial charge >= 0.3 is 5.97 Å². The van der Waals surface area contributed by atoms with Gasteiger partial charge in [0.2, 0.25) is 0 Å². The first-order valence-electron chi connectivity index (χ1n) is 7.12.